The molecule has 4 nitrogen and oxygen atoms in total. The van der Waals surface area contributed by atoms with Gasteiger partial charge in [-0.2, -0.15) is 0 Å². The van der Waals surface area contributed by atoms with Crippen molar-refractivity contribution in [2.24, 2.45) is 5.73 Å². The molecule has 0 bridgehead atoms. The van der Waals surface area contributed by atoms with Crippen LogP contribution in [0.15, 0.2) is 47.3 Å². The molecule has 0 spiro atoms. The van der Waals surface area contributed by atoms with Crippen LogP contribution in [0.2, 0.25) is 0 Å². The molecule has 0 aliphatic rings. The van der Waals surface area contributed by atoms with Crippen LogP contribution in [0.1, 0.15) is 5.56 Å². The first-order valence-electron chi connectivity index (χ1n) is 5.75. The van der Waals surface area contributed by atoms with E-state index in [0.29, 0.717) is 6.54 Å². The van der Waals surface area contributed by atoms with Crippen LogP contribution in [0.3, 0.4) is 0 Å². The highest BCUT2D eigenvalue weighted by atomic mass is 79.9. The Hall–Kier alpha value is -1.46. The van der Waals surface area contributed by atoms with Gasteiger partial charge in [0.05, 0.1) is 4.47 Å². The molecule has 0 saturated heterocycles. The van der Waals surface area contributed by atoms with Crippen molar-refractivity contribution in [1.29, 1.82) is 0 Å². The number of nitrogens with zero attached hydrogens (tertiary/aromatic N) is 2. The molecule has 0 radical (unpaired) electrons. The molecule has 0 aliphatic heterocycles. The van der Waals surface area contributed by atoms with E-state index in [1.165, 1.54) is 11.9 Å². The van der Waals surface area contributed by atoms with Gasteiger partial charge in [-0.1, -0.05) is 30.3 Å². The largest absolute Gasteiger partial charge is 0.365 e. The maximum Gasteiger partial charge on any atom is 0.144 e. The van der Waals surface area contributed by atoms with Crippen LogP contribution in [-0.4, -0.2) is 22.6 Å². The average molecular weight is 307 g/mol. The molecule has 1 unspecified atom stereocenters. The zero-order valence-corrected chi connectivity index (χ0v) is 11.5. The standard InChI is InChI=1S/C13H15BrN4/c14-12-8-16-9-17-13(12)18-11(7-15)6-10-4-2-1-3-5-10/h1-5,8-9,11H,6-7,15H2,(H,16,17,18). The maximum atomic E-state index is 5.80. The van der Waals surface area contributed by atoms with Gasteiger partial charge in [0.25, 0.3) is 0 Å². The molecule has 2 aromatic rings. The van der Waals surface area contributed by atoms with Gasteiger partial charge in [0, 0.05) is 18.8 Å². The van der Waals surface area contributed by atoms with E-state index < -0.39 is 0 Å². The van der Waals surface area contributed by atoms with E-state index in [1.54, 1.807) is 6.20 Å². The Morgan fingerprint density at radius 1 is 1.28 bits per heavy atom. The lowest BCUT2D eigenvalue weighted by Gasteiger charge is -2.18. The molecular formula is C13H15BrN4. The van der Waals surface area contributed by atoms with Crippen molar-refractivity contribution in [3.63, 3.8) is 0 Å². The first-order chi connectivity index (χ1) is 8.79. The molecule has 94 valence electrons. The van der Waals surface area contributed by atoms with Crippen LogP contribution < -0.4 is 11.1 Å². The summed E-state index contributed by atoms with van der Waals surface area (Å²) in [5.41, 5.74) is 7.05. The Morgan fingerprint density at radius 3 is 2.72 bits per heavy atom. The summed E-state index contributed by atoms with van der Waals surface area (Å²) >= 11 is 3.41. The fourth-order valence-corrected chi connectivity index (χ4v) is 2.04. The molecule has 0 aliphatic carbocycles. The number of halogens is 1. The van der Waals surface area contributed by atoms with Gasteiger partial charge in [0.1, 0.15) is 12.1 Å². The first-order valence-corrected chi connectivity index (χ1v) is 6.55. The number of rotatable bonds is 5. The molecule has 0 saturated carbocycles. The predicted octanol–water partition coefficient (Wildman–Crippen LogP) is 2.22. The fraction of sp³-hybridized carbons (Fsp3) is 0.231. The Balaban J connectivity index is 2.04. The number of hydrogen-bond donors (Lipinski definition) is 2. The molecule has 1 atom stereocenters. The van der Waals surface area contributed by atoms with E-state index in [2.05, 4.69) is 43.3 Å². The number of anilines is 1. The molecule has 0 fully saturated rings. The normalized spacial score (nSPS) is 12.1. The van der Waals surface area contributed by atoms with Gasteiger partial charge in [-0.15, -0.1) is 0 Å². The Kier molecular flexibility index (Phi) is 4.66. The summed E-state index contributed by atoms with van der Waals surface area (Å²) in [4.78, 5) is 8.12. The molecule has 5 heteroatoms. The number of benzene rings is 1. The SMILES string of the molecule is NCC(Cc1ccccc1)Nc1ncncc1Br. The molecule has 3 N–H and O–H groups in total. The first kappa shape index (κ1) is 13.0. The lowest BCUT2D eigenvalue weighted by molar-refractivity contribution is 0.718. The Bertz CT molecular complexity index is 489. The van der Waals surface area contributed by atoms with Gasteiger partial charge < -0.3 is 11.1 Å². The van der Waals surface area contributed by atoms with Crippen molar-refractivity contribution < 1.29 is 0 Å². The summed E-state index contributed by atoms with van der Waals surface area (Å²) in [6.07, 6.45) is 4.10. The zero-order chi connectivity index (χ0) is 12.8. The van der Waals surface area contributed by atoms with Crippen molar-refractivity contribution in [1.82, 2.24) is 9.97 Å². The third-order valence-corrected chi connectivity index (χ3v) is 3.20. The van der Waals surface area contributed by atoms with E-state index in [9.17, 15) is 0 Å². The minimum Gasteiger partial charge on any atom is -0.365 e. The summed E-state index contributed by atoms with van der Waals surface area (Å²) in [5.74, 6) is 0.774. The van der Waals surface area contributed by atoms with Crippen LogP contribution in [0.25, 0.3) is 0 Å². The van der Waals surface area contributed by atoms with Crippen molar-refractivity contribution in [2.75, 3.05) is 11.9 Å². The molecule has 1 aromatic heterocycles. The summed E-state index contributed by atoms with van der Waals surface area (Å²) in [7, 11) is 0. The maximum absolute atomic E-state index is 5.80. The summed E-state index contributed by atoms with van der Waals surface area (Å²) < 4.78 is 0.844. The van der Waals surface area contributed by atoms with Crippen LogP contribution >= 0.6 is 15.9 Å². The second kappa shape index (κ2) is 6.47. The molecule has 0 amide bonds. The van der Waals surface area contributed by atoms with Gasteiger partial charge in [0.15, 0.2) is 0 Å². The lowest BCUT2D eigenvalue weighted by Crippen LogP contribution is -2.31. The van der Waals surface area contributed by atoms with E-state index in [-0.39, 0.29) is 6.04 Å². The smallest absolute Gasteiger partial charge is 0.144 e. The second-order valence-electron chi connectivity index (χ2n) is 3.99. The fourth-order valence-electron chi connectivity index (χ4n) is 1.70. The van der Waals surface area contributed by atoms with Gasteiger partial charge in [-0.3, -0.25) is 0 Å². The number of hydrogen-bond acceptors (Lipinski definition) is 4. The van der Waals surface area contributed by atoms with Crippen molar-refractivity contribution in [2.45, 2.75) is 12.5 Å². The quantitative estimate of drug-likeness (QED) is 0.889. The molecule has 1 aromatic carbocycles. The number of nitrogens with one attached hydrogen (secondary N) is 1. The summed E-state index contributed by atoms with van der Waals surface area (Å²) in [6.45, 7) is 0.547. The summed E-state index contributed by atoms with van der Waals surface area (Å²) in [6, 6.07) is 10.4. The minimum absolute atomic E-state index is 0.151. The predicted molar refractivity (Wildman–Crippen MR) is 76.3 cm³/mol. The monoisotopic (exact) mass is 306 g/mol. The molecular weight excluding hydrogens is 292 g/mol. The third kappa shape index (κ3) is 3.51. The lowest BCUT2D eigenvalue weighted by atomic mass is 10.1. The highest BCUT2D eigenvalue weighted by Crippen LogP contribution is 2.18. The number of nitrogens with two attached hydrogens (primary N) is 1. The Labute approximate surface area is 115 Å². The van der Waals surface area contributed by atoms with Crippen LogP contribution in [0.4, 0.5) is 5.82 Å². The highest BCUT2D eigenvalue weighted by Gasteiger charge is 2.10. The van der Waals surface area contributed by atoms with Crippen LogP contribution in [-0.2, 0) is 6.42 Å². The van der Waals surface area contributed by atoms with Gasteiger partial charge in [-0.05, 0) is 27.9 Å². The second-order valence-corrected chi connectivity index (χ2v) is 4.84. The summed E-state index contributed by atoms with van der Waals surface area (Å²) in [5, 5.41) is 3.32. The van der Waals surface area contributed by atoms with Crippen molar-refractivity contribution in [3.05, 3.63) is 52.9 Å². The van der Waals surface area contributed by atoms with Gasteiger partial charge in [-0.25, -0.2) is 9.97 Å². The molecule has 18 heavy (non-hydrogen) atoms. The van der Waals surface area contributed by atoms with E-state index in [0.717, 1.165) is 16.7 Å². The van der Waals surface area contributed by atoms with Crippen molar-refractivity contribution >= 4 is 21.7 Å². The van der Waals surface area contributed by atoms with E-state index >= 15 is 0 Å². The zero-order valence-electron chi connectivity index (χ0n) is 9.88. The van der Waals surface area contributed by atoms with E-state index in [4.69, 9.17) is 5.73 Å². The Morgan fingerprint density at radius 2 is 2.06 bits per heavy atom. The average Bonchev–Trinajstić information content (AvgIpc) is 2.41. The van der Waals surface area contributed by atoms with E-state index in [1.807, 2.05) is 18.2 Å². The topological polar surface area (TPSA) is 63.8 Å². The number of aromatic nitrogens is 2. The van der Waals surface area contributed by atoms with Gasteiger partial charge in [0.2, 0.25) is 0 Å². The van der Waals surface area contributed by atoms with Crippen molar-refractivity contribution in [3.8, 4) is 0 Å². The third-order valence-electron chi connectivity index (χ3n) is 2.62. The highest BCUT2D eigenvalue weighted by molar-refractivity contribution is 9.10. The van der Waals surface area contributed by atoms with Gasteiger partial charge >= 0.3 is 0 Å². The molecule has 1 heterocycles. The van der Waals surface area contributed by atoms with Crippen LogP contribution in [0.5, 0.6) is 0 Å². The van der Waals surface area contributed by atoms with Crippen LogP contribution in [0, 0.1) is 0 Å². The minimum atomic E-state index is 0.151. The molecule has 2 rings (SSSR count).